The predicted octanol–water partition coefficient (Wildman–Crippen LogP) is 2.98. The first-order valence-electron chi connectivity index (χ1n) is 3.92. The molecule has 1 aromatic carbocycles. The lowest BCUT2D eigenvalue weighted by Crippen LogP contribution is -2.08. The number of terminal acetylenes is 1. The Morgan fingerprint density at radius 1 is 1.43 bits per heavy atom. The van der Waals surface area contributed by atoms with Crippen LogP contribution in [0.15, 0.2) is 12.1 Å². The number of nitrogens with two attached hydrogens (primary N) is 1. The predicted molar refractivity (Wildman–Crippen MR) is 59.8 cm³/mol. The Hall–Kier alpha value is -1.04. The van der Waals surface area contributed by atoms with E-state index in [2.05, 4.69) is 5.92 Å². The van der Waals surface area contributed by atoms with Crippen LogP contribution in [-0.2, 0) is 0 Å². The molecular formula is C10H9Cl2NO. The van der Waals surface area contributed by atoms with Crippen molar-refractivity contribution in [2.45, 2.75) is 13.0 Å². The molecule has 0 saturated carbocycles. The molecule has 1 unspecified atom stereocenters. The van der Waals surface area contributed by atoms with Crippen LogP contribution < -0.4 is 10.5 Å². The van der Waals surface area contributed by atoms with E-state index in [1.54, 1.807) is 13.0 Å². The summed E-state index contributed by atoms with van der Waals surface area (Å²) in [5.41, 5.74) is 6.00. The minimum Gasteiger partial charge on any atom is -0.476 e. The lowest BCUT2D eigenvalue weighted by Gasteiger charge is -2.11. The summed E-state index contributed by atoms with van der Waals surface area (Å²) in [5.74, 6) is 2.86. The van der Waals surface area contributed by atoms with E-state index in [1.165, 1.54) is 6.07 Å². The van der Waals surface area contributed by atoms with Gasteiger partial charge in [0.15, 0.2) is 6.10 Å². The Balaban J connectivity index is 2.99. The molecule has 0 bridgehead atoms. The molecule has 0 fully saturated rings. The summed E-state index contributed by atoms with van der Waals surface area (Å²) in [6, 6.07) is 3.08. The van der Waals surface area contributed by atoms with Crippen LogP contribution in [0.4, 0.5) is 5.69 Å². The molecule has 1 rings (SSSR count). The van der Waals surface area contributed by atoms with Crippen molar-refractivity contribution in [1.29, 1.82) is 0 Å². The first kappa shape index (κ1) is 11.0. The molecule has 14 heavy (non-hydrogen) atoms. The molecule has 0 amide bonds. The van der Waals surface area contributed by atoms with Crippen molar-refractivity contribution in [2.75, 3.05) is 5.73 Å². The van der Waals surface area contributed by atoms with Gasteiger partial charge in [0.05, 0.1) is 15.7 Å². The summed E-state index contributed by atoms with van der Waals surface area (Å²) in [4.78, 5) is 0. The van der Waals surface area contributed by atoms with Crippen molar-refractivity contribution in [1.82, 2.24) is 0 Å². The first-order chi connectivity index (χ1) is 6.54. The summed E-state index contributed by atoms with van der Waals surface area (Å²) < 4.78 is 5.32. The van der Waals surface area contributed by atoms with Crippen LogP contribution in [0.3, 0.4) is 0 Å². The van der Waals surface area contributed by atoms with Crippen LogP contribution in [0.5, 0.6) is 5.75 Å². The van der Waals surface area contributed by atoms with E-state index >= 15 is 0 Å². The van der Waals surface area contributed by atoms with Gasteiger partial charge in [0, 0.05) is 6.07 Å². The van der Waals surface area contributed by atoms with Crippen LogP contribution in [0.25, 0.3) is 0 Å². The average molecular weight is 230 g/mol. The first-order valence-corrected chi connectivity index (χ1v) is 4.67. The molecule has 74 valence electrons. The maximum absolute atomic E-state index is 5.87. The Kier molecular flexibility index (Phi) is 3.51. The summed E-state index contributed by atoms with van der Waals surface area (Å²) in [7, 11) is 0. The number of ether oxygens (including phenoxy) is 1. The second-order valence-electron chi connectivity index (χ2n) is 2.73. The zero-order valence-electron chi connectivity index (χ0n) is 7.55. The quantitative estimate of drug-likeness (QED) is 0.626. The third-order valence-corrected chi connectivity index (χ3v) is 2.21. The molecular weight excluding hydrogens is 221 g/mol. The number of hydrogen-bond acceptors (Lipinski definition) is 2. The molecule has 1 aromatic rings. The molecule has 0 aliphatic carbocycles. The largest absolute Gasteiger partial charge is 0.476 e. The van der Waals surface area contributed by atoms with Gasteiger partial charge in [-0.25, -0.2) is 0 Å². The van der Waals surface area contributed by atoms with E-state index in [9.17, 15) is 0 Å². The molecule has 0 saturated heterocycles. The third kappa shape index (κ3) is 2.47. The third-order valence-electron chi connectivity index (χ3n) is 1.59. The number of nitrogen functional groups attached to an aromatic ring is 1. The maximum Gasteiger partial charge on any atom is 0.156 e. The highest BCUT2D eigenvalue weighted by Gasteiger charge is 2.08. The molecule has 0 heterocycles. The SMILES string of the molecule is C#CC(C)Oc1cc(N)c(Cl)cc1Cl. The molecule has 0 aliphatic rings. The molecule has 2 nitrogen and oxygen atoms in total. The van der Waals surface area contributed by atoms with Crippen molar-refractivity contribution < 1.29 is 4.74 Å². The van der Waals surface area contributed by atoms with Gasteiger partial charge in [0.25, 0.3) is 0 Å². The van der Waals surface area contributed by atoms with Gasteiger partial charge in [-0.15, -0.1) is 6.42 Å². The summed E-state index contributed by atoms with van der Waals surface area (Å²) in [5, 5.41) is 0.794. The number of hydrogen-bond donors (Lipinski definition) is 1. The van der Waals surface area contributed by atoms with Gasteiger partial charge in [-0.1, -0.05) is 29.1 Å². The molecule has 0 spiro atoms. The van der Waals surface area contributed by atoms with Crippen molar-refractivity contribution >= 4 is 28.9 Å². The Morgan fingerprint density at radius 2 is 2.07 bits per heavy atom. The highest BCUT2D eigenvalue weighted by molar-refractivity contribution is 6.37. The topological polar surface area (TPSA) is 35.2 Å². The van der Waals surface area contributed by atoms with E-state index < -0.39 is 0 Å². The fraction of sp³-hybridized carbons (Fsp3) is 0.200. The van der Waals surface area contributed by atoms with Gasteiger partial charge >= 0.3 is 0 Å². The van der Waals surface area contributed by atoms with Gasteiger partial charge in [0.2, 0.25) is 0 Å². The van der Waals surface area contributed by atoms with E-state index in [1.807, 2.05) is 0 Å². The van der Waals surface area contributed by atoms with Crippen LogP contribution in [-0.4, -0.2) is 6.10 Å². The normalized spacial score (nSPS) is 11.9. The average Bonchev–Trinajstić information content (AvgIpc) is 2.14. The lowest BCUT2D eigenvalue weighted by atomic mass is 10.3. The minimum absolute atomic E-state index is 0.354. The number of halogens is 2. The molecule has 1 atom stereocenters. The molecule has 4 heteroatoms. The van der Waals surface area contributed by atoms with E-state index in [4.69, 9.17) is 40.1 Å². The molecule has 0 aliphatic heterocycles. The second-order valence-corrected chi connectivity index (χ2v) is 3.55. The minimum atomic E-state index is -0.354. The maximum atomic E-state index is 5.87. The lowest BCUT2D eigenvalue weighted by molar-refractivity contribution is 0.279. The highest BCUT2D eigenvalue weighted by Crippen LogP contribution is 2.32. The van der Waals surface area contributed by atoms with E-state index in [-0.39, 0.29) is 6.10 Å². The van der Waals surface area contributed by atoms with Crippen molar-refractivity contribution in [3.05, 3.63) is 22.2 Å². The van der Waals surface area contributed by atoms with Crippen LogP contribution in [0.2, 0.25) is 10.0 Å². The second kappa shape index (κ2) is 4.45. The van der Waals surface area contributed by atoms with Gasteiger partial charge in [-0.2, -0.15) is 0 Å². The van der Waals surface area contributed by atoms with Crippen LogP contribution >= 0.6 is 23.2 Å². The number of benzene rings is 1. The smallest absolute Gasteiger partial charge is 0.156 e. The Bertz CT molecular complexity index is 384. The summed E-state index contributed by atoms with van der Waals surface area (Å²) in [6.45, 7) is 1.74. The number of rotatable bonds is 2. The standard InChI is InChI=1S/C10H9Cl2NO/c1-3-6(2)14-10-5-9(13)7(11)4-8(10)12/h1,4-6H,13H2,2H3. The summed E-state index contributed by atoms with van der Waals surface area (Å²) >= 11 is 11.6. The zero-order chi connectivity index (χ0) is 10.7. The van der Waals surface area contributed by atoms with Gasteiger partial charge in [0.1, 0.15) is 5.75 Å². The van der Waals surface area contributed by atoms with Crippen LogP contribution in [0.1, 0.15) is 6.92 Å². The number of anilines is 1. The van der Waals surface area contributed by atoms with Gasteiger partial charge < -0.3 is 10.5 Å². The fourth-order valence-corrected chi connectivity index (χ4v) is 1.29. The van der Waals surface area contributed by atoms with E-state index in [0.29, 0.717) is 21.5 Å². The molecule has 2 N–H and O–H groups in total. The monoisotopic (exact) mass is 229 g/mol. The van der Waals surface area contributed by atoms with Crippen LogP contribution in [0, 0.1) is 12.3 Å². The van der Waals surface area contributed by atoms with Crippen molar-refractivity contribution in [2.24, 2.45) is 0 Å². The Labute approximate surface area is 93.0 Å². The fourth-order valence-electron chi connectivity index (χ4n) is 0.860. The zero-order valence-corrected chi connectivity index (χ0v) is 9.06. The molecule has 0 aromatic heterocycles. The van der Waals surface area contributed by atoms with E-state index in [0.717, 1.165) is 0 Å². The summed E-state index contributed by atoms with van der Waals surface area (Å²) in [6.07, 6.45) is 4.81. The van der Waals surface area contributed by atoms with Crippen molar-refractivity contribution in [3.8, 4) is 18.1 Å². The molecule has 0 radical (unpaired) electrons. The Morgan fingerprint density at radius 3 is 2.64 bits per heavy atom. The van der Waals surface area contributed by atoms with Gasteiger partial charge in [-0.05, 0) is 13.0 Å². The van der Waals surface area contributed by atoms with Crippen molar-refractivity contribution in [3.63, 3.8) is 0 Å². The van der Waals surface area contributed by atoms with Gasteiger partial charge in [-0.3, -0.25) is 0 Å². The highest BCUT2D eigenvalue weighted by atomic mass is 35.5.